The minimum atomic E-state index is -0.376. The van der Waals surface area contributed by atoms with Gasteiger partial charge in [-0.1, -0.05) is 12.1 Å². The summed E-state index contributed by atoms with van der Waals surface area (Å²) >= 11 is 0. The van der Waals surface area contributed by atoms with Crippen molar-refractivity contribution in [2.45, 2.75) is 13.8 Å². The van der Waals surface area contributed by atoms with Crippen LogP contribution in [0.5, 0.6) is 5.88 Å². The fraction of sp³-hybridized carbons (Fsp3) is 0.364. The van der Waals surface area contributed by atoms with E-state index in [1.54, 1.807) is 40.9 Å². The van der Waals surface area contributed by atoms with E-state index in [0.717, 1.165) is 16.6 Å². The van der Waals surface area contributed by atoms with E-state index in [2.05, 4.69) is 15.4 Å². The van der Waals surface area contributed by atoms with Gasteiger partial charge in [0, 0.05) is 25.8 Å². The number of nitrogens with one attached hydrogen (secondary N) is 1. The number of morpholine rings is 1. The Morgan fingerprint density at radius 3 is 2.71 bits per heavy atom. The first-order valence-electron chi connectivity index (χ1n) is 10.1. The van der Waals surface area contributed by atoms with E-state index in [-0.39, 0.29) is 18.4 Å². The third kappa shape index (κ3) is 4.36. The number of nitrogens with zero attached hydrogens (tertiary/aromatic N) is 4. The monoisotopic (exact) mass is 423 g/mol. The van der Waals surface area contributed by atoms with Gasteiger partial charge in [-0.05, 0) is 37.6 Å². The molecule has 9 nitrogen and oxygen atoms in total. The number of hydrogen-bond acceptors (Lipinski definition) is 6. The third-order valence-corrected chi connectivity index (χ3v) is 5.16. The van der Waals surface area contributed by atoms with Gasteiger partial charge < -0.3 is 19.7 Å². The van der Waals surface area contributed by atoms with Crippen molar-refractivity contribution >= 4 is 28.5 Å². The van der Waals surface area contributed by atoms with Crippen LogP contribution in [0, 0.1) is 13.8 Å². The molecule has 9 heteroatoms. The standard InChI is InChI=1S/C22H25N5O4/c1-14-12-15(2)23-20-19(14)21(25-26(20)3)31-13-18(28)24-17-7-5-4-6-16(17)22(29)27-8-10-30-11-9-27/h4-7,12H,8-11,13H2,1-3H3,(H,24,28). The Labute approximate surface area is 180 Å². The summed E-state index contributed by atoms with van der Waals surface area (Å²) in [5, 5.41) is 7.92. The number of fused-ring (bicyclic) bond motifs is 1. The van der Waals surface area contributed by atoms with Crippen LogP contribution in [0.25, 0.3) is 11.0 Å². The predicted octanol–water partition coefficient (Wildman–Crippen LogP) is 2.08. The minimum Gasteiger partial charge on any atom is -0.466 e. The molecule has 0 aliphatic carbocycles. The second-order valence-corrected chi connectivity index (χ2v) is 7.49. The van der Waals surface area contributed by atoms with E-state index >= 15 is 0 Å². The van der Waals surface area contributed by atoms with Crippen molar-refractivity contribution in [3.05, 3.63) is 47.2 Å². The number of amides is 2. The Kier molecular flexibility index (Phi) is 5.85. The maximum atomic E-state index is 12.9. The molecule has 162 valence electrons. The van der Waals surface area contributed by atoms with Gasteiger partial charge in [0.25, 0.3) is 11.8 Å². The number of hydrogen-bond donors (Lipinski definition) is 1. The lowest BCUT2D eigenvalue weighted by Crippen LogP contribution is -2.41. The van der Waals surface area contributed by atoms with Crippen LogP contribution >= 0.6 is 0 Å². The molecule has 1 N–H and O–H groups in total. The molecule has 2 amide bonds. The minimum absolute atomic E-state index is 0.132. The molecule has 2 aromatic heterocycles. The highest BCUT2D eigenvalue weighted by atomic mass is 16.5. The lowest BCUT2D eigenvalue weighted by molar-refractivity contribution is -0.118. The summed E-state index contributed by atoms with van der Waals surface area (Å²) in [6.07, 6.45) is 0. The molecular formula is C22H25N5O4. The maximum Gasteiger partial charge on any atom is 0.262 e. The number of benzene rings is 1. The molecule has 0 saturated carbocycles. The largest absolute Gasteiger partial charge is 0.466 e. The molecule has 1 fully saturated rings. The molecule has 0 spiro atoms. The van der Waals surface area contributed by atoms with E-state index in [1.165, 1.54) is 0 Å². The molecule has 1 saturated heterocycles. The van der Waals surface area contributed by atoms with Gasteiger partial charge in [0.2, 0.25) is 5.88 Å². The molecule has 4 rings (SSSR count). The number of pyridine rings is 1. The van der Waals surface area contributed by atoms with Gasteiger partial charge in [-0.15, -0.1) is 5.10 Å². The van der Waals surface area contributed by atoms with Crippen molar-refractivity contribution in [2.24, 2.45) is 7.05 Å². The molecule has 3 aromatic rings. The van der Waals surface area contributed by atoms with E-state index in [1.807, 2.05) is 19.9 Å². The number of carbonyl (C=O) groups is 2. The van der Waals surface area contributed by atoms with Gasteiger partial charge >= 0.3 is 0 Å². The molecule has 0 bridgehead atoms. The van der Waals surface area contributed by atoms with E-state index in [4.69, 9.17) is 9.47 Å². The quantitative estimate of drug-likeness (QED) is 0.675. The Hall–Kier alpha value is -3.46. The lowest BCUT2D eigenvalue weighted by atomic mass is 10.1. The van der Waals surface area contributed by atoms with Crippen molar-refractivity contribution < 1.29 is 19.1 Å². The third-order valence-electron chi connectivity index (χ3n) is 5.16. The number of aromatic nitrogens is 3. The lowest BCUT2D eigenvalue weighted by Gasteiger charge is -2.27. The van der Waals surface area contributed by atoms with Crippen molar-refractivity contribution in [1.29, 1.82) is 0 Å². The highest BCUT2D eigenvalue weighted by Crippen LogP contribution is 2.27. The van der Waals surface area contributed by atoms with Crippen LogP contribution in [0.1, 0.15) is 21.6 Å². The summed E-state index contributed by atoms with van der Waals surface area (Å²) < 4.78 is 12.7. The van der Waals surface area contributed by atoms with Crippen LogP contribution < -0.4 is 10.1 Å². The number of rotatable bonds is 5. The van der Waals surface area contributed by atoms with Gasteiger partial charge in [0.15, 0.2) is 12.3 Å². The van der Waals surface area contributed by atoms with Gasteiger partial charge in [-0.25, -0.2) is 9.67 Å². The zero-order chi connectivity index (χ0) is 22.0. The van der Waals surface area contributed by atoms with Crippen molar-refractivity contribution in [2.75, 3.05) is 38.2 Å². The second-order valence-electron chi connectivity index (χ2n) is 7.49. The summed E-state index contributed by atoms with van der Waals surface area (Å²) in [6, 6.07) is 8.91. The van der Waals surface area contributed by atoms with E-state index < -0.39 is 0 Å². The Morgan fingerprint density at radius 2 is 1.94 bits per heavy atom. The first kappa shape index (κ1) is 20.8. The maximum absolute atomic E-state index is 12.9. The topological polar surface area (TPSA) is 98.6 Å². The van der Waals surface area contributed by atoms with Crippen LogP contribution in [0.15, 0.2) is 30.3 Å². The van der Waals surface area contributed by atoms with Crippen LogP contribution in [-0.2, 0) is 16.6 Å². The summed E-state index contributed by atoms with van der Waals surface area (Å²) in [7, 11) is 1.79. The zero-order valence-corrected chi connectivity index (χ0v) is 17.8. The van der Waals surface area contributed by atoms with Crippen LogP contribution in [0.4, 0.5) is 5.69 Å². The van der Waals surface area contributed by atoms with Crippen molar-refractivity contribution in [1.82, 2.24) is 19.7 Å². The average Bonchev–Trinajstić information content (AvgIpc) is 3.08. The fourth-order valence-corrected chi connectivity index (χ4v) is 3.69. The predicted molar refractivity (Wildman–Crippen MR) is 115 cm³/mol. The summed E-state index contributed by atoms with van der Waals surface area (Å²) in [5.41, 5.74) is 3.46. The van der Waals surface area contributed by atoms with Gasteiger partial charge in [0.1, 0.15) is 0 Å². The summed E-state index contributed by atoms with van der Waals surface area (Å²) in [6.45, 7) is 5.73. The summed E-state index contributed by atoms with van der Waals surface area (Å²) in [4.78, 5) is 31.7. The Morgan fingerprint density at radius 1 is 1.19 bits per heavy atom. The molecule has 1 aliphatic rings. The highest BCUT2D eigenvalue weighted by molar-refractivity contribution is 6.04. The first-order valence-corrected chi connectivity index (χ1v) is 10.1. The SMILES string of the molecule is Cc1cc(C)c2c(OCC(=O)Nc3ccccc3C(=O)N3CCOCC3)nn(C)c2n1. The van der Waals surface area contributed by atoms with E-state index in [9.17, 15) is 9.59 Å². The van der Waals surface area contributed by atoms with Crippen molar-refractivity contribution in [3.8, 4) is 5.88 Å². The number of aryl methyl sites for hydroxylation is 3. The number of anilines is 1. The molecule has 0 atom stereocenters. The molecule has 0 radical (unpaired) electrons. The first-order chi connectivity index (χ1) is 14.9. The molecule has 1 aromatic carbocycles. The van der Waals surface area contributed by atoms with E-state index in [0.29, 0.717) is 49.1 Å². The molecule has 0 unspecified atom stereocenters. The molecule has 1 aliphatic heterocycles. The second kappa shape index (κ2) is 8.73. The van der Waals surface area contributed by atoms with Gasteiger partial charge in [-0.3, -0.25) is 9.59 Å². The highest BCUT2D eigenvalue weighted by Gasteiger charge is 2.22. The number of carbonyl (C=O) groups excluding carboxylic acids is 2. The zero-order valence-electron chi connectivity index (χ0n) is 17.8. The Bertz CT molecular complexity index is 1130. The average molecular weight is 423 g/mol. The number of ether oxygens (including phenoxy) is 2. The van der Waals surface area contributed by atoms with Gasteiger partial charge in [0.05, 0.1) is 29.9 Å². The molecule has 3 heterocycles. The van der Waals surface area contributed by atoms with Crippen molar-refractivity contribution in [3.63, 3.8) is 0 Å². The summed E-state index contributed by atoms with van der Waals surface area (Å²) in [5.74, 6) is -0.151. The molecular weight excluding hydrogens is 398 g/mol. The van der Waals surface area contributed by atoms with Crippen LogP contribution in [0.3, 0.4) is 0 Å². The van der Waals surface area contributed by atoms with Crippen LogP contribution in [0.2, 0.25) is 0 Å². The fourth-order valence-electron chi connectivity index (χ4n) is 3.69. The Balaban J connectivity index is 1.47. The normalized spacial score (nSPS) is 14.0. The smallest absolute Gasteiger partial charge is 0.262 e. The molecule has 31 heavy (non-hydrogen) atoms. The van der Waals surface area contributed by atoms with Crippen LogP contribution in [-0.4, -0.2) is 64.4 Å². The number of para-hydroxylation sites is 1. The van der Waals surface area contributed by atoms with Gasteiger partial charge in [-0.2, -0.15) is 0 Å².